The standard InChI is InChI=1S/C19H11F26N2/c1-6(8(20,21)10(24,25)12(28,29)14(32,33)16(36,37)18(40,41)42)46-3-4-47(5-46)7(2)9(22,23)11(26,27)13(30,31)15(34,35)17(38,39)19(43,44)45/h3-7H,1-2H3/q+1. The molecule has 0 aliphatic rings. The van der Waals surface area contributed by atoms with E-state index in [0.717, 1.165) is 0 Å². The van der Waals surface area contributed by atoms with Gasteiger partial charge in [0.1, 0.15) is 12.4 Å². The third-order valence-electron chi connectivity index (χ3n) is 6.54. The van der Waals surface area contributed by atoms with Gasteiger partial charge in [0.15, 0.2) is 12.1 Å². The molecule has 1 aromatic rings. The molecule has 0 bridgehead atoms. The fourth-order valence-corrected chi connectivity index (χ4v) is 3.31. The monoisotopic (exact) mass is 761 g/mol. The van der Waals surface area contributed by atoms with Crippen molar-refractivity contribution in [1.82, 2.24) is 4.57 Å². The molecular formula is C19H11F26N2+. The van der Waals surface area contributed by atoms with E-state index in [4.69, 9.17) is 0 Å². The maximum absolute atomic E-state index is 14.4. The van der Waals surface area contributed by atoms with Crippen molar-refractivity contribution in [3.63, 3.8) is 0 Å². The molecule has 0 amide bonds. The molecule has 0 aliphatic carbocycles. The van der Waals surface area contributed by atoms with Gasteiger partial charge in [-0.2, -0.15) is 114 Å². The van der Waals surface area contributed by atoms with Crippen molar-refractivity contribution in [3.05, 3.63) is 18.7 Å². The molecule has 28 heteroatoms. The number of rotatable bonds is 12. The lowest BCUT2D eigenvalue weighted by molar-refractivity contribution is -0.743. The number of aromatic nitrogens is 2. The van der Waals surface area contributed by atoms with Gasteiger partial charge in [0, 0.05) is 0 Å². The molecule has 0 saturated heterocycles. The van der Waals surface area contributed by atoms with Crippen molar-refractivity contribution in [3.8, 4) is 0 Å². The third kappa shape index (κ3) is 5.49. The Labute approximate surface area is 240 Å². The second kappa shape index (κ2) is 10.9. The van der Waals surface area contributed by atoms with E-state index in [1.54, 1.807) is 0 Å². The second-order valence-corrected chi connectivity index (χ2v) is 9.50. The van der Waals surface area contributed by atoms with Crippen LogP contribution in [0.3, 0.4) is 0 Å². The normalized spacial score (nSPS) is 17.6. The minimum absolute atomic E-state index is 0.412. The predicted octanol–water partition coefficient (Wildman–Crippen LogP) is 9.38. The van der Waals surface area contributed by atoms with Crippen molar-refractivity contribution in [2.24, 2.45) is 0 Å². The maximum Gasteiger partial charge on any atom is 0.460 e. The van der Waals surface area contributed by atoms with Crippen molar-refractivity contribution in [1.29, 1.82) is 0 Å². The Bertz CT molecular complexity index is 1170. The summed E-state index contributed by atoms with van der Waals surface area (Å²) in [6.07, 6.45) is -17.1. The molecule has 0 N–H and O–H groups in total. The highest BCUT2D eigenvalue weighted by Gasteiger charge is 2.93. The molecule has 0 saturated carbocycles. The Hall–Kier alpha value is -2.61. The Morgan fingerprint density at radius 3 is 0.979 bits per heavy atom. The maximum atomic E-state index is 14.4. The molecule has 0 fully saturated rings. The predicted molar refractivity (Wildman–Crippen MR) is 95.6 cm³/mol. The van der Waals surface area contributed by atoms with Gasteiger partial charge in [-0.15, -0.1) is 0 Å². The molecule has 1 aromatic heterocycles. The zero-order valence-corrected chi connectivity index (χ0v) is 21.6. The number of nitrogens with zero attached hydrogens (tertiary/aromatic N) is 2. The summed E-state index contributed by atoms with van der Waals surface area (Å²) in [6, 6.07) is -8.06. The Morgan fingerprint density at radius 2 is 0.681 bits per heavy atom. The van der Waals surface area contributed by atoms with Crippen molar-refractivity contribution in [2.45, 2.75) is 97.5 Å². The van der Waals surface area contributed by atoms with Crippen LogP contribution in [0.1, 0.15) is 25.9 Å². The van der Waals surface area contributed by atoms with Crippen molar-refractivity contribution < 1.29 is 119 Å². The topological polar surface area (TPSA) is 8.81 Å². The SMILES string of the molecule is CC(n1cc[n+](C(C)C(F)(F)C(F)(F)C(F)(F)C(F)(F)C(F)(F)C(F)(F)F)c1)C(F)(F)C(F)(F)C(F)(F)C(F)(F)C(F)(F)C(F)(F)F. The largest absolute Gasteiger partial charge is 0.460 e. The van der Waals surface area contributed by atoms with Crippen LogP contribution in [0.15, 0.2) is 18.7 Å². The summed E-state index contributed by atoms with van der Waals surface area (Å²) < 4.78 is 346. The molecular weight excluding hydrogens is 750 g/mol. The summed E-state index contributed by atoms with van der Waals surface area (Å²) in [4.78, 5) is 0. The number of imidazole rings is 1. The quantitative estimate of drug-likeness (QED) is 0.148. The minimum Gasteiger partial charge on any atom is -0.228 e. The molecule has 2 unspecified atom stereocenters. The first kappa shape index (κ1) is 42.4. The van der Waals surface area contributed by atoms with Crippen molar-refractivity contribution >= 4 is 0 Å². The summed E-state index contributed by atoms with van der Waals surface area (Å²) in [6.45, 7) is -1.03. The lowest BCUT2D eigenvalue weighted by atomic mass is 9.91. The number of hydrogen-bond donors (Lipinski definition) is 0. The van der Waals surface area contributed by atoms with Crippen LogP contribution in [-0.2, 0) is 0 Å². The van der Waals surface area contributed by atoms with Gasteiger partial charge >= 0.3 is 71.6 Å². The summed E-state index contributed by atoms with van der Waals surface area (Å²) in [5, 5.41) is 0. The molecule has 1 rings (SSSR count). The van der Waals surface area contributed by atoms with E-state index >= 15 is 0 Å². The molecule has 278 valence electrons. The van der Waals surface area contributed by atoms with E-state index in [2.05, 4.69) is 0 Å². The Kier molecular flexibility index (Phi) is 9.88. The summed E-state index contributed by atoms with van der Waals surface area (Å²) >= 11 is 0. The van der Waals surface area contributed by atoms with E-state index in [1.165, 1.54) is 0 Å². The fourth-order valence-electron chi connectivity index (χ4n) is 3.31. The smallest absolute Gasteiger partial charge is 0.228 e. The molecule has 0 radical (unpaired) electrons. The van der Waals surface area contributed by atoms with Crippen LogP contribution in [-0.4, -0.2) is 76.1 Å². The van der Waals surface area contributed by atoms with Gasteiger partial charge in [0.2, 0.25) is 6.33 Å². The zero-order chi connectivity index (χ0) is 38.4. The highest BCUT2D eigenvalue weighted by molar-refractivity contribution is 5.13. The van der Waals surface area contributed by atoms with E-state index in [0.29, 0.717) is 0 Å². The Morgan fingerprint density at radius 1 is 0.404 bits per heavy atom. The van der Waals surface area contributed by atoms with Gasteiger partial charge in [-0.05, 0) is 13.8 Å². The molecule has 2 atom stereocenters. The molecule has 0 aromatic carbocycles. The molecule has 1 heterocycles. The molecule has 0 aliphatic heterocycles. The first-order valence-corrected chi connectivity index (χ1v) is 11.0. The lowest BCUT2D eigenvalue weighted by Gasteiger charge is -2.40. The van der Waals surface area contributed by atoms with Crippen LogP contribution >= 0.6 is 0 Å². The first-order chi connectivity index (χ1) is 20.0. The van der Waals surface area contributed by atoms with Crippen LogP contribution in [0, 0.1) is 0 Å². The minimum atomic E-state index is -8.38. The summed E-state index contributed by atoms with van der Waals surface area (Å²) in [7, 11) is 0. The van der Waals surface area contributed by atoms with Gasteiger partial charge in [-0.25, -0.2) is 9.13 Å². The average Bonchev–Trinajstić information content (AvgIpc) is 3.35. The van der Waals surface area contributed by atoms with Crippen molar-refractivity contribution in [2.75, 3.05) is 0 Å². The van der Waals surface area contributed by atoms with Crippen LogP contribution in [0.25, 0.3) is 0 Å². The van der Waals surface area contributed by atoms with E-state index in [9.17, 15) is 114 Å². The lowest BCUT2D eigenvalue weighted by Crippen LogP contribution is -2.72. The highest BCUT2D eigenvalue weighted by atomic mass is 19.4. The zero-order valence-electron chi connectivity index (χ0n) is 21.6. The van der Waals surface area contributed by atoms with Gasteiger partial charge < -0.3 is 0 Å². The molecule has 2 nitrogen and oxygen atoms in total. The average molecular weight is 761 g/mol. The van der Waals surface area contributed by atoms with Crippen LogP contribution in [0.4, 0.5) is 114 Å². The first-order valence-electron chi connectivity index (χ1n) is 11.0. The number of alkyl halides is 26. The number of halogens is 26. The second-order valence-electron chi connectivity index (χ2n) is 9.50. The van der Waals surface area contributed by atoms with E-state index in [-0.39, 0.29) is 0 Å². The molecule has 0 spiro atoms. The highest BCUT2D eigenvalue weighted by Crippen LogP contribution is 2.63. The number of hydrogen-bond acceptors (Lipinski definition) is 0. The van der Waals surface area contributed by atoms with Gasteiger partial charge in [0.25, 0.3) is 0 Å². The van der Waals surface area contributed by atoms with Crippen LogP contribution in [0.5, 0.6) is 0 Å². The third-order valence-corrected chi connectivity index (χ3v) is 6.54. The van der Waals surface area contributed by atoms with E-state index in [1.807, 2.05) is 0 Å². The Balaban J connectivity index is 3.65. The van der Waals surface area contributed by atoms with Gasteiger partial charge in [0.05, 0.1) is 0 Å². The van der Waals surface area contributed by atoms with Crippen LogP contribution < -0.4 is 4.57 Å². The fraction of sp³-hybridized carbons (Fsp3) is 0.842. The van der Waals surface area contributed by atoms with Gasteiger partial charge in [-0.1, -0.05) is 0 Å². The van der Waals surface area contributed by atoms with Crippen LogP contribution in [0.2, 0.25) is 0 Å². The summed E-state index contributed by atoms with van der Waals surface area (Å²) in [5.74, 6) is -79.7. The summed E-state index contributed by atoms with van der Waals surface area (Å²) in [5.41, 5.74) is 0. The van der Waals surface area contributed by atoms with Gasteiger partial charge in [-0.3, -0.25) is 0 Å². The molecule has 47 heavy (non-hydrogen) atoms. The van der Waals surface area contributed by atoms with E-state index < -0.39 is 125 Å².